The molecule has 1 atom stereocenters. The van der Waals surface area contributed by atoms with E-state index in [4.69, 9.17) is 19.6 Å². The molecule has 12 heteroatoms. The minimum Gasteiger partial charge on any atom is -0.497 e. The molecule has 0 amide bonds. The van der Waals surface area contributed by atoms with E-state index < -0.39 is 17.6 Å². The zero-order chi connectivity index (χ0) is 29.2. The number of hydrogen-bond acceptors (Lipinski definition) is 9. The average molecular weight is 591 g/mol. The molecule has 1 aliphatic rings. The number of carbonyl (C=O) groups is 1. The van der Waals surface area contributed by atoms with Gasteiger partial charge in [-0.1, -0.05) is 12.1 Å². The lowest BCUT2D eigenvalue weighted by Crippen LogP contribution is -2.24. The Balaban J connectivity index is 1.40. The highest BCUT2D eigenvalue weighted by molar-refractivity contribution is 7.13. The summed E-state index contributed by atoms with van der Waals surface area (Å²) in [7, 11) is 1.62. The lowest BCUT2D eigenvalue weighted by molar-refractivity contribution is 0.0520. The Bertz CT molecular complexity index is 1740. The highest BCUT2D eigenvalue weighted by Gasteiger charge is 2.31. The van der Waals surface area contributed by atoms with Gasteiger partial charge < -0.3 is 19.7 Å². The Morgan fingerprint density at radius 3 is 2.76 bits per heavy atom. The van der Waals surface area contributed by atoms with Gasteiger partial charge >= 0.3 is 5.97 Å². The molecule has 2 aromatic carbocycles. The van der Waals surface area contributed by atoms with Crippen LogP contribution < -0.4 is 15.0 Å². The van der Waals surface area contributed by atoms with Crippen LogP contribution in [0.3, 0.4) is 0 Å². The maximum Gasteiger partial charge on any atom is 0.357 e. The van der Waals surface area contributed by atoms with Crippen LogP contribution in [0, 0.1) is 11.6 Å². The molecule has 216 valence electrons. The number of anilines is 2. The minimum atomic E-state index is -0.505. The molecule has 42 heavy (non-hydrogen) atoms. The molecule has 1 saturated heterocycles. The quantitative estimate of drug-likeness (QED) is 0.201. The second-order valence-electron chi connectivity index (χ2n) is 9.75. The molecule has 1 aliphatic heterocycles. The molecule has 5 aromatic rings. The lowest BCUT2D eigenvalue weighted by Gasteiger charge is -2.26. The number of rotatable bonds is 9. The largest absolute Gasteiger partial charge is 0.497 e. The van der Waals surface area contributed by atoms with Crippen LogP contribution >= 0.6 is 11.3 Å². The van der Waals surface area contributed by atoms with E-state index in [2.05, 4.69) is 10.3 Å². The Labute approximate surface area is 244 Å². The molecule has 0 aliphatic carbocycles. The number of fused-ring (bicyclic) bond motifs is 1. The van der Waals surface area contributed by atoms with Gasteiger partial charge in [-0.25, -0.2) is 28.1 Å². The fraction of sp³-hybridized carbons (Fsp3) is 0.267. The van der Waals surface area contributed by atoms with Gasteiger partial charge in [-0.05, 0) is 61.7 Å². The van der Waals surface area contributed by atoms with E-state index in [1.165, 1.54) is 17.4 Å². The zero-order valence-electron chi connectivity index (χ0n) is 23.0. The number of thiazole rings is 1. The molecule has 6 rings (SSSR count). The molecular formula is C30H28F2N6O3S. The molecule has 9 nitrogen and oxygen atoms in total. The van der Waals surface area contributed by atoms with Crippen molar-refractivity contribution in [1.29, 1.82) is 0 Å². The first-order chi connectivity index (χ1) is 20.4. The van der Waals surface area contributed by atoms with Crippen LogP contribution in [-0.2, 0) is 11.3 Å². The van der Waals surface area contributed by atoms with Crippen molar-refractivity contribution < 1.29 is 23.0 Å². The van der Waals surface area contributed by atoms with Crippen molar-refractivity contribution in [2.45, 2.75) is 32.4 Å². The summed E-state index contributed by atoms with van der Waals surface area (Å²) in [4.78, 5) is 23.9. The molecule has 0 bridgehead atoms. The number of nitrogens with zero attached hydrogens (tertiary/aromatic N) is 5. The molecule has 1 unspecified atom stereocenters. The predicted molar refractivity (Wildman–Crippen MR) is 156 cm³/mol. The van der Waals surface area contributed by atoms with E-state index in [1.807, 2.05) is 35.2 Å². The maximum absolute atomic E-state index is 14.8. The second kappa shape index (κ2) is 11.7. The summed E-state index contributed by atoms with van der Waals surface area (Å²) in [5.74, 6) is 0.478. The number of ether oxygens (including phenoxy) is 2. The first-order valence-electron chi connectivity index (χ1n) is 13.6. The number of nitrogens with one attached hydrogen (secondary N) is 1. The summed E-state index contributed by atoms with van der Waals surface area (Å²) in [5.41, 5.74) is 2.66. The number of aromatic nitrogens is 4. The number of halogens is 2. The summed E-state index contributed by atoms with van der Waals surface area (Å²) in [6.45, 7) is 3.09. The van der Waals surface area contributed by atoms with Gasteiger partial charge in [0.15, 0.2) is 17.2 Å². The topological polar surface area (TPSA) is 93.9 Å². The van der Waals surface area contributed by atoms with E-state index in [0.717, 1.165) is 29.9 Å². The monoisotopic (exact) mass is 590 g/mol. The maximum atomic E-state index is 14.8. The van der Waals surface area contributed by atoms with Gasteiger partial charge in [0.1, 0.15) is 28.2 Å². The Morgan fingerprint density at radius 1 is 1.14 bits per heavy atom. The van der Waals surface area contributed by atoms with Crippen LogP contribution in [0.2, 0.25) is 0 Å². The lowest BCUT2D eigenvalue weighted by atomic mass is 10.0. The Hall–Kier alpha value is -4.58. The predicted octanol–water partition coefficient (Wildman–Crippen LogP) is 6.27. The van der Waals surface area contributed by atoms with Crippen LogP contribution in [0.5, 0.6) is 5.75 Å². The van der Waals surface area contributed by atoms with E-state index in [1.54, 1.807) is 30.1 Å². The molecule has 3 aromatic heterocycles. The molecule has 1 N–H and O–H groups in total. The van der Waals surface area contributed by atoms with Crippen molar-refractivity contribution in [2.24, 2.45) is 0 Å². The van der Waals surface area contributed by atoms with Crippen LogP contribution in [-0.4, -0.2) is 45.8 Å². The molecule has 0 spiro atoms. The van der Waals surface area contributed by atoms with Gasteiger partial charge in [0.2, 0.25) is 0 Å². The van der Waals surface area contributed by atoms with E-state index in [-0.39, 0.29) is 18.3 Å². The normalized spacial score (nSPS) is 14.9. The third-order valence-corrected chi connectivity index (χ3v) is 8.02. The van der Waals surface area contributed by atoms with Gasteiger partial charge in [0.25, 0.3) is 0 Å². The molecule has 0 radical (unpaired) electrons. The fourth-order valence-electron chi connectivity index (χ4n) is 5.15. The highest BCUT2D eigenvalue weighted by atomic mass is 32.1. The highest BCUT2D eigenvalue weighted by Crippen LogP contribution is 2.39. The molecule has 4 heterocycles. The van der Waals surface area contributed by atoms with Crippen LogP contribution in [0.4, 0.5) is 20.4 Å². The van der Waals surface area contributed by atoms with Crippen molar-refractivity contribution in [2.75, 3.05) is 30.5 Å². The average Bonchev–Trinajstić information content (AvgIpc) is 3.76. The summed E-state index contributed by atoms with van der Waals surface area (Å²) in [5, 5.41) is 10.3. The second-order valence-corrected chi connectivity index (χ2v) is 10.6. The van der Waals surface area contributed by atoms with Crippen LogP contribution in [0.25, 0.3) is 16.2 Å². The smallest absolute Gasteiger partial charge is 0.357 e. The number of hydrogen-bond donors (Lipinski definition) is 1. The fourth-order valence-corrected chi connectivity index (χ4v) is 5.98. The van der Waals surface area contributed by atoms with Crippen molar-refractivity contribution in [3.8, 4) is 16.3 Å². The van der Waals surface area contributed by atoms with Crippen LogP contribution in [0.1, 0.15) is 47.4 Å². The van der Waals surface area contributed by atoms with Crippen molar-refractivity contribution in [3.05, 3.63) is 88.6 Å². The van der Waals surface area contributed by atoms with E-state index in [9.17, 15) is 13.6 Å². The third kappa shape index (κ3) is 5.37. The van der Waals surface area contributed by atoms with Gasteiger partial charge in [-0.15, -0.1) is 16.4 Å². The zero-order valence-corrected chi connectivity index (χ0v) is 23.8. The van der Waals surface area contributed by atoms with Gasteiger partial charge in [-0.2, -0.15) is 0 Å². The number of carbonyl (C=O) groups excluding carboxylic acids is 1. The van der Waals surface area contributed by atoms with Crippen molar-refractivity contribution in [3.63, 3.8) is 0 Å². The summed E-state index contributed by atoms with van der Waals surface area (Å²) >= 11 is 1.29. The van der Waals surface area contributed by atoms with Gasteiger partial charge in [-0.3, -0.25) is 0 Å². The molecule has 0 saturated carbocycles. The molecule has 1 fully saturated rings. The minimum absolute atomic E-state index is 0.203. The Kier molecular flexibility index (Phi) is 7.70. The number of benzene rings is 2. The Morgan fingerprint density at radius 2 is 1.98 bits per heavy atom. The van der Waals surface area contributed by atoms with Gasteiger partial charge in [0, 0.05) is 30.2 Å². The van der Waals surface area contributed by atoms with Crippen LogP contribution in [0.15, 0.2) is 60.1 Å². The van der Waals surface area contributed by atoms with Crippen molar-refractivity contribution in [1.82, 2.24) is 19.6 Å². The summed E-state index contributed by atoms with van der Waals surface area (Å²) in [6, 6.07) is 12.7. The SMILES string of the molecule is CCOC(=O)c1csc(-c2c(NCc3ccc(OC)cc3)nn3ccc(N4CCCC4c4cc(F)ccc4F)nc23)n1. The third-order valence-electron chi connectivity index (χ3n) is 7.16. The number of methoxy groups -OCH3 is 1. The molecular weight excluding hydrogens is 562 g/mol. The standard InChI is InChI=1S/C30H28F2N6O3S/c1-3-41-30(39)23-17-42-29(34-23)26-27(33-16-18-6-9-20(40-2)10-7-18)36-38-14-12-25(35-28(26)38)37-13-4-5-24(37)21-15-19(31)8-11-22(21)32/h6-12,14-15,17,24H,3-5,13,16H2,1-2H3,(H,33,36). The summed E-state index contributed by atoms with van der Waals surface area (Å²) < 4.78 is 40.9. The van der Waals surface area contributed by atoms with E-state index in [0.29, 0.717) is 52.9 Å². The van der Waals surface area contributed by atoms with Crippen molar-refractivity contribution >= 4 is 34.6 Å². The first-order valence-corrected chi connectivity index (χ1v) is 14.4. The van der Waals surface area contributed by atoms with E-state index >= 15 is 0 Å². The van der Waals surface area contributed by atoms with Gasteiger partial charge in [0.05, 0.1) is 25.3 Å². The summed E-state index contributed by atoms with van der Waals surface area (Å²) in [6.07, 6.45) is 3.27. The number of esters is 1. The first kappa shape index (κ1) is 27.6.